The highest BCUT2D eigenvalue weighted by Gasteiger charge is 2.44. The van der Waals surface area contributed by atoms with E-state index in [2.05, 4.69) is 10.2 Å². The maximum atomic E-state index is 13.3. The Morgan fingerprint density at radius 1 is 1.11 bits per heavy atom. The van der Waals surface area contributed by atoms with Gasteiger partial charge in [-0.25, -0.2) is 4.79 Å². The number of carbonyl (C=O) groups excluding carboxylic acids is 1. The Bertz CT molecular complexity index is 886. The molecule has 1 saturated heterocycles. The number of benzene rings is 1. The molecule has 1 heterocycles. The van der Waals surface area contributed by atoms with Crippen molar-refractivity contribution in [3.05, 3.63) is 35.4 Å². The van der Waals surface area contributed by atoms with Gasteiger partial charge in [0, 0.05) is 31.7 Å². The van der Waals surface area contributed by atoms with Gasteiger partial charge in [0.25, 0.3) is 0 Å². The molecular weight excluding hydrogens is 459 g/mol. The molecule has 4 atom stereocenters. The van der Waals surface area contributed by atoms with E-state index >= 15 is 0 Å². The smallest absolute Gasteiger partial charge is 0.416 e. The number of nitrogens with zero attached hydrogens (tertiary/aromatic N) is 2. The maximum absolute atomic E-state index is 13.3. The summed E-state index contributed by atoms with van der Waals surface area (Å²) in [6.07, 6.45) is 1.37. The van der Waals surface area contributed by atoms with E-state index in [0.29, 0.717) is 18.9 Å². The largest absolute Gasteiger partial charge is 0.465 e. The van der Waals surface area contributed by atoms with E-state index in [1.165, 1.54) is 17.0 Å². The zero-order chi connectivity index (χ0) is 25.2. The van der Waals surface area contributed by atoms with Crippen LogP contribution in [0.5, 0.6) is 0 Å². The van der Waals surface area contributed by atoms with Gasteiger partial charge >= 0.3 is 12.3 Å². The molecule has 1 aromatic rings. The monoisotopic (exact) mass is 495 g/mol. The van der Waals surface area contributed by atoms with Gasteiger partial charge in [0.15, 0.2) is 0 Å². The lowest BCUT2D eigenvalue weighted by atomic mass is 9.97. The predicted molar refractivity (Wildman–Crippen MR) is 126 cm³/mol. The fourth-order valence-corrected chi connectivity index (χ4v) is 6.40. The summed E-state index contributed by atoms with van der Waals surface area (Å²) in [4.78, 5) is 29.1. The molecule has 0 radical (unpaired) electrons. The van der Waals surface area contributed by atoms with Crippen molar-refractivity contribution in [1.82, 2.24) is 15.1 Å². The topological polar surface area (TPSA) is 72.9 Å². The first-order chi connectivity index (χ1) is 16.7. The number of halogens is 3. The standard InChI is InChI=1S/C26H36F3N3O3/c1-2-5-23(32(25(34)35)20-6-3-4-7-20)24(33)30-22-13-10-18-15-31(16-21(18)22)14-17-8-11-19(12-9-17)26(27,28)29/h8-9,11-12,18,20-23H,2-7,10,13-16H2,1H3,(H,30,33)(H,34,35)/t18-,21+,22+,23+/m1/s1. The summed E-state index contributed by atoms with van der Waals surface area (Å²) in [6.45, 7) is 4.19. The first-order valence-electron chi connectivity index (χ1n) is 12.9. The predicted octanol–water partition coefficient (Wildman–Crippen LogP) is 5.12. The molecule has 2 N–H and O–H groups in total. The Morgan fingerprint density at radius 3 is 2.40 bits per heavy atom. The van der Waals surface area contributed by atoms with Crippen LogP contribution in [-0.2, 0) is 17.5 Å². The van der Waals surface area contributed by atoms with E-state index in [4.69, 9.17) is 0 Å². The lowest BCUT2D eigenvalue weighted by Gasteiger charge is -2.34. The number of amides is 2. The third-order valence-corrected chi connectivity index (χ3v) is 8.09. The second-order valence-electron chi connectivity index (χ2n) is 10.4. The van der Waals surface area contributed by atoms with Crippen LogP contribution >= 0.6 is 0 Å². The molecule has 2 aliphatic carbocycles. The van der Waals surface area contributed by atoms with Crippen LogP contribution in [0.2, 0.25) is 0 Å². The van der Waals surface area contributed by atoms with Crippen LogP contribution in [0.25, 0.3) is 0 Å². The number of alkyl halides is 3. The van der Waals surface area contributed by atoms with Crippen molar-refractivity contribution < 1.29 is 27.9 Å². The number of hydrogen-bond donors (Lipinski definition) is 2. The number of likely N-dealkylation sites (tertiary alicyclic amines) is 1. The summed E-state index contributed by atoms with van der Waals surface area (Å²) >= 11 is 0. The highest BCUT2D eigenvalue weighted by Crippen LogP contribution is 2.39. The Hall–Kier alpha value is -2.29. The minimum Gasteiger partial charge on any atom is -0.465 e. The van der Waals surface area contributed by atoms with Gasteiger partial charge in [-0.3, -0.25) is 14.6 Å². The first kappa shape index (κ1) is 25.8. The third kappa shape index (κ3) is 5.93. The van der Waals surface area contributed by atoms with E-state index in [0.717, 1.165) is 75.7 Å². The van der Waals surface area contributed by atoms with Gasteiger partial charge in [0.1, 0.15) is 6.04 Å². The van der Waals surface area contributed by atoms with Gasteiger partial charge in [0.2, 0.25) is 5.91 Å². The van der Waals surface area contributed by atoms with Gasteiger partial charge in [0.05, 0.1) is 5.56 Å². The summed E-state index contributed by atoms with van der Waals surface area (Å²) in [5, 5.41) is 13.1. The van der Waals surface area contributed by atoms with E-state index in [9.17, 15) is 27.9 Å². The van der Waals surface area contributed by atoms with Gasteiger partial charge < -0.3 is 10.4 Å². The van der Waals surface area contributed by atoms with E-state index in [-0.39, 0.29) is 23.9 Å². The summed E-state index contributed by atoms with van der Waals surface area (Å²) in [6, 6.07) is 4.58. The number of fused-ring (bicyclic) bond motifs is 1. The van der Waals surface area contributed by atoms with Crippen LogP contribution in [-0.4, -0.2) is 58.1 Å². The Kier molecular flexibility index (Phi) is 7.93. The van der Waals surface area contributed by atoms with E-state index < -0.39 is 23.9 Å². The number of hydrogen-bond acceptors (Lipinski definition) is 3. The minimum absolute atomic E-state index is 0.00341. The summed E-state index contributed by atoms with van der Waals surface area (Å²) in [5.74, 6) is 0.526. The van der Waals surface area contributed by atoms with Crippen LogP contribution in [0.1, 0.15) is 69.4 Å². The number of nitrogens with one attached hydrogen (secondary N) is 1. The number of carbonyl (C=O) groups is 2. The first-order valence-corrected chi connectivity index (χ1v) is 12.9. The van der Waals surface area contributed by atoms with Gasteiger partial charge in [-0.15, -0.1) is 0 Å². The lowest BCUT2D eigenvalue weighted by Crippen LogP contribution is -2.55. The molecule has 3 aliphatic rings. The Labute approximate surface area is 204 Å². The fourth-order valence-electron chi connectivity index (χ4n) is 6.40. The van der Waals surface area contributed by atoms with Crippen molar-refractivity contribution in [3.63, 3.8) is 0 Å². The van der Waals surface area contributed by atoms with Crippen LogP contribution in [0.15, 0.2) is 24.3 Å². The van der Waals surface area contributed by atoms with E-state index in [1.54, 1.807) is 0 Å². The highest BCUT2D eigenvalue weighted by molar-refractivity contribution is 5.85. The van der Waals surface area contributed by atoms with Crippen LogP contribution in [0.3, 0.4) is 0 Å². The molecule has 0 bridgehead atoms. The number of rotatable bonds is 8. The molecule has 35 heavy (non-hydrogen) atoms. The SMILES string of the molecule is CCC[C@@H](C(=O)N[C@H]1CC[C@@H]2CN(Cc3ccc(C(F)(F)F)cc3)C[C@@H]21)N(C(=O)O)C1CCCC1. The second kappa shape index (κ2) is 10.8. The molecular formula is C26H36F3N3O3. The number of carboxylic acid groups (broad SMARTS) is 1. The van der Waals surface area contributed by atoms with Crippen LogP contribution in [0.4, 0.5) is 18.0 Å². The fraction of sp³-hybridized carbons (Fsp3) is 0.692. The molecule has 9 heteroatoms. The second-order valence-corrected chi connectivity index (χ2v) is 10.4. The summed E-state index contributed by atoms with van der Waals surface area (Å²) < 4.78 is 38.5. The zero-order valence-corrected chi connectivity index (χ0v) is 20.3. The average Bonchev–Trinajstić information content (AvgIpc) is 3.52. The van der Waals surface area contributed by atoms with Crippen molar-refractivity contribution in [2.24, 2.45) is 11.8 Å². The molecule has 3 fully saturated rings. The molecule has 1 aromatic carbocycles. The third-order valence-electron chi connectivity index (χ3n) is 8.09. The van der Waals surface area contributed by atoms with Crippen molar-refractivity contribution in [3.8, 4) is 0 Å². The summed E-state index contributed by atoms with van der Waals surface area (Å²) in [7, 11) is 0. The average molecular weight is 496 g/mol. The quantitative estimate of drug-likeness (QED) is 0.525. The lowest BCUT2D eigenvalue weighted by molar-refractivity contribution is -0.137. The van der Waals surface area contributed by atoms with Crippen LogP contribution < -0.4 is 5.32 Å². The molecule has 2 amide bonds. The molecule has 0 unspecified atom stereocenters. The van der Waals surface area contributed by atoms with E-state index in [1.807, 2.05) is 6.92 Å². The zero-order valence-electron chi connectivity index (χ0n) is 20.3. The normalized spacial score (nSPS) is 26.0. The molecule has 194 valence electrons. The Morgan fingerprint density at radius 2 is 1.80 bits per heavy atom. The molecule has 0 spiro atoms. The van der Waals surface area contributed by atoms with Crippen molar-refractivity contribution in [2.45, 2.75) is 89.1 Å². The van der Waals surface area contributed by atoms with Crippen LogP contribution in [0, 0.1) is 11.8 Å². The maximum Gasteiger partial charge on any atom is 0.416 e. The summed E-state index contributed by atoms with van der Waals surface area (Å²) in [5.41, 5.74) is 0.201. The molecule has 1 aliphatic heterocycles. The molecule has 4 rings (SSSR count). The van der Waals surface area contributed by atoms with Gasteiger partial charge in [-0.1, -0.05) is 38.3 Å². The van der Waals surface area contributed by atoms with Gasteiger partial charge in [-0.05, 0) is 61.6 Å². The molecule has 6 nitrogen and oxygen atoms in total. The van der Waals surface area contributed by atoms with Crippen molar-refractivity contribution in [1.29, 1.82) is 0 Å². The minimum atomic E-state index is -4.34. The van der Waals surface area contributed by atoms with Crippen molar-refractivity contribution >= 4 is 12.0 Å². The highest BCUT2D eigenvalue weighted by atomic mass is 19.4. The van der Waals surface area contributed by atoms with Gasteiger partial charge in [-0.2, -0.15) is 13.2 Å². The van der Waals surface area contributed by atoms with Crippen molar-refractivity contribution in [2.75, 3.05) is 13.1 Å². The molecule has 2 saturated carbocycles. The Balaban J connectivity index is 1.37. The molecule has 0 aromatic heterocycles.